The minimum Gasteiger partial charge on any atom is -0.366 e. The maximum absolute atomic E-state index is 12.4. The molecule has 106 valence electrons. The number of halogens is 4. The van der Waals surface area contributed by atoms with Gasteiger partial charge < -0.3 is 5.32 Å². The highest BCUT2D eigenvalue weighted by molar-refractivity contribution is 9.10. The van der Waals surface area contributed by atoms with Crippen LogP contribution >= 0.6 is 15.9 Å². The Bertz CT molecular complexity index is 594. The van der Waals surface area contributed by atoms with Crippen molar-refractivity contribution in [3.8, 4) is 0 Å². The van der Waals surface area contributed by atoms with E-state index < -0.39 is 11.7 Å². The number of aromatic nitrogens is 1. The zero-order valence-corrected chi connectivity index (χ0v) is 12.2. The number of benzene rings is 1. The molecule has 0 aliphatic rings. The number of pyridine rings is 1. The highest BCUT2D eigenvalue weighted by Gasteiger charge is 2.29. The van der Waals surface area contributed by atoms with Gasteiger partial charge in [-0.1, -0.05) is 12.1 Å². The first-order chi connectivity index (χ1) is 9.36. The SMILES string of the molecule is Cc1cc(NCc2ccc(C(F)(F)F)cc2)ncc1Br. The molecule has 0 bridgehead atoms. The Kier molecular flexibility index (Phi) is 4.32. The molecule has 20 heavy (non-hydrogen) atoms. The highest BCUT2D eigenvalue weighted by atomic mass is 79.9. The number of anilines is 1. The molecule has 0 radical (unpaired) electrons. The van der Waals surface area contributed by atoms with Crippen molar-refractivity contribution >= 4 is 21.7 Å². The molecule has 2 rings (SSSR count). The molecule has 2 nitrogen and oxygen atoms in total. The van der Waals surface area contributed by atoms with Crippen LogP contribution in [0.15, 0.2) is 41.0 Å². The van der Waals surface area contributed by atoms with E-state index in [9.17, 15) is 13.2 Å². The van der Waals surface area contributed by atoms with Crippen LogP contribution in [0.1, 0.15) is 16.7 Å². The molecule has 0 atom stereocenters. The monoisotopic (exact) mass is 344 g/mol. The number of nitrogens with zero attached hydrogens (tertiary/aromatic N) is 1. The Morgan fingerprint density at radius 3 is 2.40 bits per heavy atom. The van der Waals surface area contributed by atoms with Crippen LogP contribution in [0.2, 0.25) is 0 Å². The average molecular weight is 345 g/mol. The first kappa shape index (κ1) is 14.8. The second kappa shape index (κ2) is 5.83. The topological polar surface area (TPSA) is 24.9 Å². The summed E-state index contributed by atoms with van der Waals surface area (Å²) in [6.07, 6.45) is -2.61. The van der Waals surface area contributed by atoms with E-state index in [0.29, 0.717) is 12.4 Å². The zero-order chi connectivity index (χ0) is 14.8. The molecule has 2 aromatic rings. The summed E-state index contributed by atoms with van der Waals surface area (Å²) >= 11 is 3.36. The minimum atomic E-state index is -4.30. The summed E-state index contributed by atoms with van der Waals surface area (Å²) in [7, 11) is 0. The Morgan fingerprint density at radius 1 is 1.20 bits per heavy atom. The van der Waals surface area contributed by atoms with E-state index in [1.54, 1.807) is 6.20 Å². The summed E-state index contributed by atoms with van der Waals surface area (Å²) in [5, 5.41) is 3.07. The van der Waals surface area contributed by atoms with E-state index in [4.69, 9.17) is 0 Å². The van der Waals surface area contributed by atoms with Gasteiger partial charge in [0.05, 0.1) is 5.56 Å². The third-order valence-corrected chi connectivity index (χ3v) is 3.63. The van der Waals surface area contributed by atoms with Crippen molar-refractivity contribution in [3.05, 3.63) is 57.7 Å². The number of hydrogen-bond acceptors (Lipinski definition) is 2. The van der Waals surface area contributed by atoms with Gasteiger partial charge in [-0.05, 0) is 52.2 Å². The average Bonchev–Trinajstić information content (AvgIpc) is 2.40. The first-order valence-electron chi connectivity index (χ1n) is 5.88. The Hall–Kier alpha value is -1.56. The molecule has 0 aliphatic heterocycles. The molecule has 1 aromatic heterocycles. The van der Waals surface area contributed by atoms with Crippen LogP contribution in [0.25, 0.3) is 0 Å². The minimum absolute atomic E-state index is 0.423. The molecular weight excluding hydrogens is 333 g/mol. The Morgan fingerprint density at radius 2 is 1.85 bits per heavy atom. The number of alkyl halides is 3. The van der Waals surface area contributed by atoms with E-state index in [1.165, 1.54) is 12.1 Å². The summed E-state index contributed by atoms with van der Waals surface area (Å²) in [6.45, 7) is 2.36. The van der Waals surface area contributed by atoms with E-state index in [1.807, 2.05) is 13.0 Å². The molecule has 1 N–H and O–H groups in total. The van der Waals surface area contributed by atoms with Gasteiger partial charge in [-0.2, -0.15) is 13.2 Å². The van der Waals surface area contributed by atoms with Gasteiger partial charge in [0.2, 0.25) is 0 Å². The molecule has 0 aliphatic carbocycles. The molecule has 1 heterocycles. The summed E-state index contributed by atoms with van der Waals surface area (Å²) < 4.78 is 38.2. The molecule has 6 heteroatoms. The predicted octanol–water partition coefficient (Wildman–Crippen LogP) is 4.78. The maximum atomic E-state index is 12.4. The lowest BCUT2D eigenvalue weighted by molar-refractivity contribution is -0.137. The van der Waals surface area contributed by atoms with E-state index in [-0.39, 0.29) is 0 Å². The van der Waals surface area contributed by atoms with Crippen molar-refractivity contribution in [2.45, 2.75) is 19.6 Å². The molecule has 0 spiro atoms. The van der Waals surface area contributed by atoms with Crippen molar-refractivity contribution in [2.75, 3.05) is 5.32 Å². The number of rotatable bonds is 3. The van der Waals surface area contributed by atoms with Crippen molar-refractivity contribution in [3.63, 3.8) is 0 Å². The molecule has 0 saturated heterocycles. The van der Waals surface area contributed by atoms with Crippen LogP contribution in [-0.2, 0) is 12.7 Å². The maximum Gasteiger partial charge on any atom is 0.416 e. The second-order valence-electron chi connectivity index (χ2n) is 4.37. The predicted molar refractivity (Wildman–Crippen MR) is 75.4 cm³/mol. The van der Waals surface area contributed by atoms with Gasteiger partial charge in [-0.3, -0.25) is 0 Å². The van der Waals surface area contributed by atoms with Gasteiger partial charge in [-0.25, -0.2) is 4.98 Å². The van der Waals surface area contributed by atoms with Crippen molar-refractivity contribution in [1.82, 2.24) is 4.98 Å². The van der Waals surface area contributed by atoms with Gasteiger partial charge >= 0.3 is 6.18 Å². The zero-order valence-electron chi connectivity index (χ0n) is 10.6. The lowest BCUT2D eigenvalue weighted by Crippen LogP contribution is -2.06. The molecule has 1 aromatic carbocycles. The lowest BCUT2D eigenvalue weighted by atomic mass is 10.1. The number of hydrogen-bond donors (Lipinski definition) is 1. The summed E-state index contributed by atoms with van der Waals surface area (Å²) in [6, 6.07) is 6.95. The normalized spacial score (nSPS) is 11.4. The fraction of sp³-hybridized carbons (Fsp3) is 0.214. The molecule has 0 amide bonds. The quantitative estimate of drug-likeness (QED) is 0.866. The Balaban J connectivity index is 2.02. The number of nitrogens with one attached hydrogen (secondary N) is 1. The fourth-order valence-electron chi connectivity index (χ4n) is 1.64. The molecular formula is C14H12BrF3N2. The lowest BCUT2D eigenvalue weighted by Gasteiger charge is -2.09. The second-order valence-corrected chi connectivity index (χ2v) is 5.22. The van der Waals surface area contributed by atoms with Gasteiger partial charge in [-0.15, -0.1) is 0 Å². The van der Waals surface area contributed by atoms with Crippen LogP contribution in [0.4, 0.5) is 19.0 Å². The van der Waals surface area contributed by atoms with Gasteiger partial charge in [0.25, 0.3) is 0 Å². The van der Waals surface area contributed by atoms with Gasteiger partial charge in [0.1, 0.15) is 5.82 Å². The smallest absolute Gasteiger partial charge is 0.366 e. The standard InChI is InChI=1S/C14H12BrF3N2/c1-9-6-13(20-8-12(9)15)19-7-10-2-4-11(5-3-10)14(16,17)18/h2-6,8H,7H2,1H3,(H,19,20). The van der Waals surface area contributed by atoms with Crippen LogP contribution in [-0.4, -0.2) is 4.98 Å². The summed E-state index contributed by atoms with van der Waals surface area (Å²) in [5.41, 5.74) is 1.16. The van der Waals surface area contributed by atoms with E-state index >= 15 is 0 Å². The van der Waals surface area contributed by atoms with Crippen molar-refractivity contribution in [1.29, 1.82) is 0 Å². The number of aryl methyl sites for hydroxylation is 1. The summed E-state index contributed by atoms with van der Waals surface area (Å²) in [5.74, 6) is 0.686. The van der Waals surface area contributed by atoms with Gasteiger partial charge in [0.15, 0.2) is 0 Å². The van der Waals surface area contributed by atoms with Crippen LogP contribution < -0.4 is 5.32 Å². The van der Waals surface area contributed by atoms with Crippen molar-refractivity contribution in [2.24, 2.45) is 0 Å². The molecule has 0 unspecified atom stereocenters. The van der Waals surface area contributed by atoms with Gasteiger partial charge in [0, 0.05) is 17.2 Å². The first-order valence-corrected chi connectivity index (χ1v) is 6.68. The fourth-order valence-corrected chi connectivity index (χ4v) is 1.86. The summed E-state index contributed by atoms with van der Waals surface area (Å²) in [4.78, 5) is 4.17. The van der Waals surface area contributed by atoms with E-state index in [2.05, 4.69) is 26.2 Å². The van der Waals surface area contributed by atoms with Crippen molar-refractivity contribution < 1.29 is 13.2 Å². The largest absolute Gasteiger partial charge is 0.416 e. The molecule has 0 saturated carbocycles. The van der Waals surface area contributed by atoms with E-state index in [0.717, 1.165) is 27.7 Å². The third-order valence-electron chi connectivity index (χ3n) is 2.80. The van der Waals surface area contributed by atoms with Crippen LogP contribution in [0.5, 0.6) is 0 Å². The van der Waals surface area contributed by atoms with Crippen LogP contribution in [0, 0.1) is 6.92 Å². The molecule has 0 fully saturated rings. The Labute approximate surface area is 123 Å². The van der Waals surface area contributed by atoms with Crippen LogP contribution in [0.3, 0.4) is 0 Å². The highest BCUT2D eigenvalue weighted by Crippen LogP contribution is 2.29. The third kappa shape index (κ3) is 3.72.